The van der Waals surface area contributed by atoms with Gasteiger partial charge in [0, 0.05) is 12.4 Å². The summed E-state index contributed by atoms with van der Waals surface area (Å²) in [6, 6.07) is 10.2. The molecule has 2 N–H and O–H groups in total. The van der Waals surface area contributed by atoms with Gasteiger partial charge in [0.05, 0.1) is 22.5 Å². The first-order chi connectivity index (χ1) is 13.0. The minimum atomic E-state index is -1.62. The normalized spacial score (nSPS) is 10.1. The summed E-state index contributed by atoms with van der Waals surface area (Å²) < 4.78 is 39.8. The average Bonchev–Trinajstić information content (AvgIpc) is 2.69. The minimum Gasteiger partial charge on any atom is -0.322 e. The molecule has 0 aliphatic rings. The molecular formula is C18H10F3N5O. The largest absolute Gasteiger partial charge is 0.322 e. The van der Waals surface area contributed by atoms with E-state index < -0.39 is 23.4 Å². The quantitative estimate of drug-likeness (QED) is 0.684. The number of amides is 1. The Hall–Kier alpha value is -3.93. The number of rotatable bonds is 4. The maximum atomic E-state index is 13.6. The molecule has 0 saturated carbocycles. The highest BCUT2D eigenvalue weighted by Gasteiger charge is 2.15. The zero-order valence-corrected chi connectivity index (χ0v) is 13.5. The van der Waals surface area contributed by atoms with Gasteiger partial charge in [0.25, 0.3) is 5.91 Å². The third-order valence-electron chi connectivity index (χ3n) is 3.49. The summed E-state index contributed by atoms with van der Waals surface area (Å²) in [5.41, 5.74) is 0.350. The Morgan fingerprint density at radius 2 is 1.67 bits per heavy atom. The van der Waals surface area contributed by atoms with Crippen molar-refractivity contribution in [3.63, 3.8) is 0 Å². The predicted octanol–water partition coefficient (Wildman–Crippen LogP) is 3.76. The Balaban J connectivity index is 1.75. The van der Waals surface area contributed by atoms with Crippen molar-refractivity contribution in [2.45, 2.75) is 0 Å². The van der Waals surface area contributed by atoms with Gasteiger partial charge in [0.1, 0.15) is 6.07 Å². The van der Waals surface area contributed by atoms with Crippen LogP contribution in [0, 0.1) is 28.8 Å². The minimum absolute atomic E-state index is 0.0825. The number of nitrogens with one attached hydrogen (secondary N) is 2. The molecule has 0 aliphatic carbocycles. The number of para-hydroxylation sites is 1. The summed E-state index contributed by atoms with van der Waals surface area (Å²) in [5, 5.41) is 14.0. The Labute approximate surface area is 151 Å². The standard InChI is InChI=1S/C18H10F3N5O/c19-12-5-6-14(16(21)15(12)20)26-18-23-8-11(9-24-18)17(27)25-13-4-2-1-3-10(13)7-22/h1-6,8-9H,(H,25,27)(H,23,24,26). The lowest BCUT2D eigenvalue weighted by Crippen LogP contribution is -2.14. The van der Waals surface area contributed by atoms with Crippen LogP contribution in [0.2, 0.25) is 0 Å². The van der Waals surface area contributed by atoms with Crippen molar-refractivity contribution in [3.05, 3.63) is 77.4 Å². The fourth-order valence-corrected chi connectivity index (χ4v) is 2.14. The Bertz CT molecular complexity index is 1050. The van der Waals surface area contributed by atoms with Gasteiger partial charge in [0.15, 0.2) is 17.5 Å². The molecule has 0 saturated heterocycles. The van der Waals surface area contributed by atoms with Gasteiger partial charge < -0.3 is 10.6 Å². The second-order valence-electron chi connectivity index (χ2n) is 5.25. The van der Waals surface area contributed by atoms with Crippen LogP contribution in [0.15, 0.2) is 48.8 Å². The maximum Gasteiger partial charge on any atom is 0.258 e. The molecule has 0 unspecified atom stereocenters. The lowest BCUT2D eigenvalue weighted by Gasteiger charge is -2.08. The zero-order valence-electron chi connectivity index (χ0n) is 13.5. The van der Waals surface area contributed by atoms with Gasteiger partial charge in [-0.3, -0.25) is 4.79 Å². The molecule has 1 amide bonds. The van der Waals surface area contributed by atoms with E-state index in [1.165, 1.54) is 0 Å². The first-order valence-corrected chi connectivity index (χ1v) is 7.52. The third kappa shape index (κ3) is 3.85. The lowest BCUT2D eigenvalue weighted by molar-refractivity contribution is 0.102. The SMILES string of the molecule is N#Cc1ccccc1NC(=O)c1cnc(Nc2ccc(F)c(F)c2F)nc1. The second-order valence-corrected chi connectivity index (χ2v) is 5.25. The highest BCUT2D eigenvalue weighted by Crippen LogP contribution is 2.22. The molecule has 1 aromatic heterocycles. The summed E-state index contributed by atoms with van der Waals surface area (Å²) in [7, 11) is 0. The van der Waals surface area contributed by atoms with Crippen LogP contribution in [-0.2, 0) is 0 Å². The van der Waals surface area contributed by atoms with E-state index in [1.54, 1.807) is 24.3 Å². The summed E-state index contributed by atoms with van der Waals surface area (Å²) in [6.45, 7) is 0. The van der Waals surface area contributed by atoms with Crippen molar-refractivity contribution >= 4 is 23.2 Å². The number of nitriles is 1. The fourth-order valence-electron chi connectivity index (χ4n) is 2.14. The molecule has 3 rings (SSSR count). The number of hydrogen-bond donors (Lipinski definition) is 2. The molecule has 0 fully saturated rings. The van der Waals surface area contributed by atoms with E-state index in [0.717, 1.165) is 24.5 Å². The van der Waals surface area contributed by atoms with E-state index in [9.17, 15) is 18.0 Å². The first-order valence-electron chi connectivity index (χ1n) is 7.52. The van der Waals surface area contributed by atoms with Gasteiger partial charge in [-0.05, 0) is 24.3 Å². The van der Waals surface area contributed by atoms with Crippen LogP contribution < -0.4 is 10.6 Å². The molecule has 3 aromatic rings. The smallest absolute Gasteiger partial charge is 0.258 e. The number of hydrogen-bond acceptors (Lipinski definition) is 5. The number of nitrogens with zero attached hydrogens (tertiary/aromatic N) is 3. The number of benzene rings is 2. The van der Waals surface area contributed by atoms with Crippen LogP contribution in [0.3, 0.4) is 0 Å². The van der Waals surface area contributed by atoms with Crippen molar-refractivity contribution in [2.75, 3.05) is 10.6 Å². The summed E-state index contributed by atoms with van der Waals surface area (Å²) in [4.78, 5) is 19.9. The fraction of sp³-hybridized carbons (Fsp3) is 0. The highest BCUT2D eigenvalue weighted by molar-refractivity contribution is 6.04. The van der Waals surface area contributed by atoms with Crippen LogP contribution in [0.25, 0.3) is 0 Å². The number of halogens is 3. The monoisotopic (exact) mass is 369 g/mol. The van der Waals surface area contributed by atoms with Gasteiger partial charge in [-0.2, -0.15) is 5.26 Å². The van der Waals surface area contributed by atoms with E-state index in [4.69, 9.17) is 5.26 Å². The number of carbonyl (C=O) groups is 1. The molecule has 6 nitrogen and oxygen atoms in total. The molecule has 0 aliphatic heterocycles. The van der Waals surface area contributed by atoms with Crippen LogP contribution in [0.4, 0.5) is 30.5 Å². The van der Waals surface area contributed by atoms with Crippen molar-refractivity contribution in [3.8, 4) is 6.07 Å². The summed E-state index contributed by atoms with van der Waals surface area (Å²) >= 11 is 0. The second kappa shape index (κ2) is 7.53. The van der Waals surface area contributed by atoms with Crippen molar-refractivity contribution < 1.29 is 18.0 Å². The summed E-state index contributed by atoms with van der Waals surface area (Å²) in [6.07, 6.45) is 2.33. The average molecular weight is 369 g/mol. The van der Waals surface area contributed by atoms with Crippen molar-refractivity contribution in [1.82, 2.24) is 9.97 Å². The molecule has 0 spiro atoms. The summed E-state index contributed by atoms with van der Waals surface area (Å²) in [5.74, 6) is -5.01. The molecule has 0 radical (unpaired) electrons. The number of aromatic nitrogens is 2. The van der Waals surface area contributed by atoms with E-state index >= 15 is 0 Å². The highest BCUT2D eigenvalue weighted by atomic mass is 19.2. The van der Waals surface area contributed by atoms with Crippen LogP contribution in [-0.4, -0.2) is 15.9 Å². The first kappa shape index (κ1) is 17.9. The van der Waals surface area contributed by atoms with Gasteiger partial charge in [-0.15, -0.1) is 0 Å². The predicted molar refractivity (Wildman–Crippen MR) is 90.7 cm³/mol. The molecule has 0 bridgehead atoms. The molecule has 1 heterocycles. The van der Waals surface area contributed by atoms with E-state index in [1.807, 2.05) is 6.07 Å². The molecular weight excluding hydrogens is 359 g/mol. The number of anilines is 3. The molecule has 2 aromatic carbocycles. The van der Waals surface area contributed by atoms with Gasteiger partial charge in [-0.25, -0.2) is 23.1 Å². The zero-order chi connectivity index (χ0) is 19.4. The van der Waals surface area contributed by atoms with E-state index in [2.05, 4.69) is 20.6 Å². The van der Waals surface area contributed by atoms with Gasteiger partial charge in [-0.1, -0.05) is 12.1 Å². The Morgan fingerprint density at radius 3 is 2.37 bits per heavy atom. The Morgan fingerprint density at radius 1 is 0.963 bits per heavy atom. The third-order valence-corrected chi connectivity index (χ3v) is 3.49. The molecule has 27 heavy (non-hydrogen) atoms. The van der Waals surface area contributed by atoms with Crippen LogP contribution in [0.1, 0.15) is 15.9 Å². The van der Waals surface area contributed by atoms with Crippen molar-refractivity contribution in [1.29, 1.82) is 5.26 Å². The Kier molecular flexibility index (Phi) is 4.99. The van der Waals surface area contributed by atoms with Crippen molar-refractivity contribution in [2.24, 2.45) is 0 Å². The lowest BCUT2D eigenvalue weighted by atomic mass is 10.2. The van der Waals surface area contributed by atoms with Crippen LogP contribution in [0.5, 0.6) is 0 Å². The topological polar surface area (TPSA) is 90.7 Å². The number of carbonyl (C=O) groups excluding carboxylic acids is 1. The molecule has 9 heteroatoms. The molecule has 0 atom stereocenters. The van der Waals surface area contributed by atoms with Gasteiger partial charge >= 0.3 is 0 Å². The van der Waals surface area contributed by atoms with E-state index in [0.29, 0.717) is 11.3 Å². The van der Waals surface area contributed by atoms with Crippen LogP contribution >= 0.6 is 0 Å². The van der Waals surface area contributed by atoms with E-state index in [-0.39, 0.29) is 17.2 Å². The maximum absolute atomic E-state index is 13.6. The van der Waals surface area contributed by atoms with Gasteiger partial charge in [0.2, 0.25) is 5.95 Å². The molecule has 134 valence electrons.